The van der Waals surface area contributed by atoms with Crippen molar-refractivity contribution in [3.63, 3.8) is 0 Å². The van der Waals surface area contributed by atoms with E-state index in [4.69, 9.17) is 15.4 Å². The maximum Gasteiger partial charge on any atom is 0.228 e. The minimum Gasteiger partial charge on any atom is -0.437 e. The molecule has 0 aliphatic rings. The van der Waals surface area contributed by atoms with Crippen LogP contribution >= 0.6 is 0 Å². The van der Waals surface area contributed by atoms with Gasteiger partial charge in [0.2, 0.25) is 5.71 Å². The van der Waals surface area contributed by atoms with Gasteiger partial charge in [-0.1, -0.05) is 51.1 Å². The second kappa shape index (κ2) is 8.11. The molecule has 4 nitrogen and oxygen atoms in total. The molecule has 0 radical (unpaired) electrons. The van der Waals surface area contributed by atoms with Crippen molar-refractivity contribution in [1.29, 1.82) is 5.26 Å². The minimum atomic E-state index is -2.67. The Balaban J connectivity index is 1.78. The van der Waals surface area contributed by atoms with Crippen LogP contribution in [0.15, 0.2) is 65.2 Å². The van der Waals surface area contributed by atoms with Crippen LogP contribution in [0.1, 0.15) is 54.1 Å². The lowest BCUT2D eigenvalue weighted by Crippen LogP contribution is -2.09. The van der Waals surface area contributed by atoms with Gasteiger partial charge >= 0.3 is 0 Å². The standard InChI is InChI=1S/C30H27N3O/c1-18-13-20(15-30(3,4)5)9-11-22(18)26-14-27(32-17-19(26)2)25-8-6-7-23-24-12-10-21(16-31)33-29(24)34-28(23)25/h6-14,17H,15H2,1-5H3/i1D3,2D3,15D2. The highest BCUT2D eigenvalue weighted by Crippen LogP contribution is 2.37. The molecule has 0 bridgehead atoms. The molecule has 0 amide bonds. The van der Waals surface area contributed by atoms with Crippen LogP contribution in [0.5, 0.6) is 0 Å². The van der Waals surface area contributed by atoms with E-state index in [1.165, 1.54) is 30.5 Å². The number of fused-ring (bicyclic) bond motifs is 3. The summed E-state index contributed by atoms with van der Waals surface area (Å²) in [5, 5.41) is 10.7. The Labute approximate surface area is 211 Å². The molecular weight excluding hydrogens is 418 g/mol. The third-order valence-electron chi connectivity index (χ3n) is 5.49. The van der Waals surface area contributed by atoms with Crippen LogP contribution in [0.3, 0.4) is 0 Å². The molecule has 5 rings (SSSR count). The van der Waals surface area contributed by atoms with E-state index in [0.717, 1.165) is 5.39 Å². The molecule has 0 fully saturated rings. The molecule has 0 saturated heterocycles. The van der Waals surface area contributed by atoms with Crippen LogP contribution in [0, 0.1) is 30.4 Å². The van der Waals surface area contributed by atoms with E-state index in [1.807, 2.05) is 12.1 Å². The van der Waals surface area contributed by atoms with E-state index in [1.54, 1.807) is 45.0 Å². The SMILES string of the molecule is [2H]C([2H])([2H])c1cnc(-c2cccc3c2oc2nc(C#N)ccc23)cc1-c1ccc(C([2H])([2H])C(C)(C)C)cc1C([2H])([2H])[2H]. The van der Waals surface area contributed by atoms with Crippen molar-refractivity contribution < 1.29 is 15.4 Å². The van der Waals surface area contributed by atoms with Crippen molar-refractivity contribution in [3.05, 3.63) is 83.2 Å². The van der Waals surface area contributed by atoms with Gasteiger partial charge in [0.15, 0.2) is 0 Å². The summed E-state index contributed by atoms with van der Waals surface area (Å²) in [6, 6.07) is 16.5. The Morgan fingerprint density at radius 1 is 0.971 bits per heavy atom. The number of benzene rings is 2. The number of hydrogen-bond donors (Lipinski definition) is 0. The zero-order chi connectivity index (χ0) is 30.8. The van der Waals surface area contributed by atoms with E-state index in [2.05, 4.69) is 9.97 Å². The van der Waals surface area contributed by atoms with Gasteiger partial charge < -0.3 is 4.42 Å². The fourth-order valence-corrected chi connectivity index (χ4v) is 4.06. The molecule has 0 unspecified atom stereocenters. The summed E-state index contributed by atoms with van der Waals surface area (Å²) in [5.74, 6) is 0. The molecule has 0 spiro atoms. The average molecular weight is 454 g/mol. The first-order valence-corrected chi connectivity index (χ1v) is 10.8. The lowest BCUT2D eigenvalue weighted by atomic mass is 9.86. The van der Waals surface area contributed by atoms with E-state index in [-0.39, 0.29) is 39.2 Å². The minimum absolute atomic E-state index is 0.138. The van der Waals surface area contributed by atoms with Gasteiger partial charge in [0, 0.05) is 33.5 Å². The third kappa shape index (κ3) is 3.95. The number of aryl methyl sites for hydroxylation is 2. The first kappa shape index (κ1) is 14.3. The van der Waals surface area contributed by atoms with Gasteiger partial charge in [0.25, 0.3) is 0 Å². The summed E-state index contributed by atoms with van der Waals surface area (Å²) in [4.78, 5) is 8.69. The molecule has 34 heavy (non-hydrogen) atoms. The molecule has 0 aliphatic carbocycles. The predicted octanol–water partition coefficient (Wildman–Crippen LogP) is 7.79. The fourth-order valence-electron chi connectivity index (χ4n) is 4.06. The molecule has 3 aromatic heterocycles. The lowest BCUT2D eigenvalue weighted by molar-refractivity contribution is 0.411. The Morgan fingerprint density at radius 2 is 1.82 bits per heavy atom. The average Bonchev–Trinajstić information content (AvgIpc) is 3.28. The van der Waals surface area contributed by atoms with Gasteiger partial charge in [-0.2, -0.15) is 5.26 Å². The smallest absolute Gasteiger partial charge is 0.228 e. The van der Waals surface area contributed by atoms with Crippen LogP contribution < -0.4 is 0 Å². The maximum atomic E-state index is 9.24. The van der Waals surface area contributed by atoms with Crippen LogP contribution in [0.4, 0.5) is 0 Å². The summed E-state index contributed by atoms with van der Waals surface area (Å²) >= 11 is 0. The second-order valence-corrected chi connectivity index (χ2v) is 9.20. The molecule has 0 aliphatic heterocycles. The monoisotopic (exact) mass is 453 g/mol. The van der Waals surface area contributed by atoms with E-state index in [0.29, 0.717) is 22.2 Å². The molecule has 4 heteroatoms. The first-order valence-electron chi connectivity index (χ1n) is 14.8. The van der Waals surface area contributed by atoms with Gasteiger partial charge in [0.05, 0.1) is 5.69 Å². The summed E-state index contributed by atoms with van der Waals surface area (Å²) in [5.41, 5.74) is 1.11. The number of aromatic nitrogens is 2. The van der Waals surface area contributed by atoms with Gasteiger partial charge in [-0.05, 0) is 77.6 Å². The lowest BCUT2D eigenvalue weighted by Gasteiger charge is -2.19. The number of hydrogen-bond acceptors (Lipinski definition) is 4. The molecular formula is C30H27N3O. The van der Waals surface area contributed by atoms with Gasteiger partial charge in [0.1, 0.15) is 17.3 Å². The Hall–Kier alpha value is -3.97. The van der Waals surface area contributed by atoms with E-state index >= 15 is 0 Å². The molecule has 168 valence electrons. The number of nitriles is 1. The summed E-state index contributed by atoms with van der Waals surface area (Å²) in [7, 11) is 0. The van der Waals surface area contributed by atoms with Crippen LogP contribution in [0.25, 0.3) is 44.5 Å². The van der Waals surface area contributed by atoms with Crippen LogP contribution in [-0.2, 0) is 6.37 Å². The van der Waals surface area contributed by atoms with Gasteiger partial charge in [-0.15, -0.1) is 0 Å². The van der Waals surface area contributed by atoms with Gasteiger partial charge in [-0.25, -0.2) is 4.98 Å². The van der Waals surface area contributed by atoms with Crippen molar-refractivity contribution >= 4 is 22.1 Å². The molecule has 2 aromatic carbocycles. The zero-order valence-electron chi connectivity index (χ0n) is 27.0. The molecule has 0 N–H and O–H groups in total. The fraction of sp³-hybridized carbons (Fsp3) is 0.233. The highest BCUT2D eigenvalue weighted by molar-refractivity contribution is 6.08. The molecule has 3 heterocycles. The molecule has 0 saturated carbocycles. The second-order valence-electron chi connectivity index (χ2n) is 9.20. The normalized spacial score (nSPS) is 16.4. The Bertz CT molecular complexity index is 1890. The van der Waals surface area contributed by atoms with E-state index in [9.17, 15) is 5.26 Å². The number of para-hydroxylation sites is 1. The van der Waals surface area contributed by atoms with Crippen molar-refractivity contribution in [2.45, 2.75) is 40.8 Å². The zero-order valence-corrected chi connectivity index (χ0v) is 19.0. The highest BCUT2D eigenvalue weighted by atomic mass is 16.3. The first-order chi connectivity index (χ1) is 19.4. The van der Waals surface area contributed by atoms with Crippen molar-refractivity contribution in [2.24, 2.45) is 5.41 Å². The van der Waals surface area contributed by atoms with Crippen molar-refractivity contribution in [1.82, 2.24) is 9.97 Å². The Morgan fingerprint density at radius 3 is 2.59 bits per heavy atom. The Kier molecular flexibility index (Phi) is 3.42. The van der Waals surface area contributed by atoms with Crippen LogP contribution in [-0.4, -0.2) is 9.97 Å². The topological polar surface area (TPSA) is 62.7 Å². The number of rotatable bonds is 3. The highest BCUT2D eigenvalue weighted by Gasteiger charge is 2.17. The number of nitrogens with zero attached hydrogens (tertiary/aromatic N) is 3. The number of furan rings is 1. The molecule has 5 aromatic rings. The quantitative estimate of drug-likeness (QED) is 0.280. The third-order valence-corrected chi connectivity index (χ3v) is 5.49. The van der Waals surface area contributed by atoms with Crippen molar-refractivity contribution in [3.8, 4) is 28.5 Å². The summed E-state index contributed by atoms with van der Waals surface area (Å²) in [6.07, 6.45) is -0.644. The van der Waals surface area contributed by atoms with Gasteiger partial charge in [-0.3, -0.25) is 4.98 Å². The largest absolute Gasteiger partial charge is 0.437 e. The van der Waals surface area contributed by atoms with E-state index < -0.39 is 25.5 Å². The predicted molar refractivity (Wildman–Crippen MR) is 138 cm³/mol. The molecule has 0 atom stereocenters. The van der Waals surface area contributed by atoms with Crippen molar-refractivity contribution in [2.75, 3.05) is 0 Å². The summed E-state index contributed by atoms with van der Waals surface area (Å²) < 4.78 is 72.7. The summed E-state index contributed by atoms with van der Waals surface area (Å²) in [6.45, 7) is -0.0977. The maximum absolute atomic E-state index is 9.24. The number of pyridine rings is 2. The van der Waals surface area contributed by atoms with Crippen LogP contribution in [0.2, 0.25) is 0 Å².